The fourth-order valence-corrected chi connectivity index (χ4v) is 2.72. The second-order valence-corrected chi connectivity index (χ2v) is 4.89. The van der Waals surface area contributed by atoms with Crippen molar-refractivity contribution in [3.8, 4) is 0 Å². The molecule has 2 heterocycles. The summed E-state index contributed by atoms with van der Waals surface area (Å²) in [5.41, 5.74) is 0.891. The summed E-state index contributed by atoms with van der Waals surface area (Å²) >= 11 is 3.43. The predicted octanol–water partition coefficient (Wildman–Crippen LogP) is 1.22. The number of nitrogens with zero attached hydrogens (tertiary/aromatic N) is 2. The van der Waals surface area contributed by atoms with E-state index in [1.165, 1.54) is 0 Å². The van der Waals surface area contributed by atoms with Gasteiger partial charge in [-0.3, -0.25) is 4.68 Å². The quantitative estimate of drug-likeness (QED) is 0.852. The van der Waals surface area contributed by atoms with Gasteiger partial charge < -0.3 is 10.4 Å². The molecule has 1 atom stereocenters. The Morgan fingerprint density at radius 2 is 2.27 bits per heavy atom. The van der Waals surface area contributed by atoms with Crippen molar-refractivity contribution in [3.05, 3.63) is 16.4 Å². The van der Waals surface area contributed by atoms with Crippen molar-refractivity contribution in [3.63, 3.8) is 0 Å². The van der Waals surface area contributed by atoms with Gasteiger partial charge in [0.1, 0.15) is 0 Å². The summed E-state index contributed by atoms with van der Waals surface area (Å²) in [6.45, 7) is 1.99. The van der Waals surface area contributed by atoms with Gasteiger partial charge in [0.25, 0.3) is 0 Å². The summed E-state index contributed by atoms with van der Waals surface area (Å²) in [7, 11) is 1.87. The molecular formula is C10H16BrN3O. The number of aromatic nitrogens is 2. The van der Waals surface area contributed by atoms with Gasteiger partial charge in [0.2, 0.25) is 0 Å². The number of aliphatic hydroxyl groups excluding tert-OH is 1. The first-order chi connectivity index (χ1) is 7.20. The smallest absolute Gasteiger partial charge is 0.0996 e. The molecule has 2 N–H and O–H groups in total. The SMILES string of the molecule is Cn1ncc(Br)c1C(O)C1CCNCC1. The topological polar surface area (TPSA) is 50.1 Å². The van der Waals surface area contributed by atoms with Gasteiger partial charge in [0.15, 0.2) is 0 Å². The van der Waals surface area contributed by atoms with Crippen LogP contribution in [0.15, 0.2) is 10.7 Å². The first kappa shape index (κ1) is 11.1. The van der Waals surface area contributed by atoms with Crippen LogP contribution in [-0.2, 0) is 7.05 Å². The Morgan fingerprint density at radius 1 is 1.60 bits per heavy atom. The Balaban J connectivity index is 2.15. The van der Waals surface area contributed by atoms with Gasteiger partial charge in [-0.15, -0.1) is 0 Å². The molecule has 1 aromatic rings. The lowest BCUT2D eigenvalue weighted by molar-refractivity contribution is 0.0810. The van der Waals surface area contributed by atoms with Crippen LogP contribution in [0.25, 0.3) is 0 Å². The number of nitrogens with one attached hydrogen (secondary N) is 1. The van der Waals surface area contributed by atoms with Gasteiger partial charge in [-0.05, 0) is 47.8 Å². The second kappa shape index (κ2) is 4.63. The Hall–Kier alpha value is -0.390. The highest BCUT2D eigenvalue weighted by Gasteiger charge is 2.26. The van der Waals surface area contributed by atoms with Crippen LogP contribution < -0.4 is 5.32 Å². The Morgan fingerprint density at radius 3 is 2.80 bits per heavy atom. The normalized spacial score (nSPS) is 20.5. The van der Waals surface area contributed by atoms with Crippen molar-refractivity contribution < 1.29 is 5.11 Å². The zero-order valence-electron chi connectivity index (χ0n) is 8.78. The number of aryl methyl sites for hydroxylation is 1. The van der Waals surface area contributed by atoms with Crippen LogP contribution in [0.4, 0.5) is 0 Å². The van der Waals surface area contributed by atoms with E-state index in [0.717, 1.165) is 36.1 Å². The minimum Gasteiger partial charge on any atom is -0.386 e. The summed E-state index contributed by atoms with van der Waals surface area (Å²) in [4.78, 5) is 0. The third-order valence-electron chi connectivity index (χ3n) is 3.05. The average Bonchev–Trinajstić information content (AvgIpc) is 2.59. The molecule has 0 saturated carbocycles. The highest BCUT2D eigenvalue weighted by Crippen LogP contribution is 2.32. The number of rotatable bonds is 2. The van der Waals surface area contributed by atoms with E-state index in [0.29, 0.717) is 5.92 Å². The summed E-state index contributed by atoms with van der Waals surface area (Å²) in [5.74, 6) is 0.345. The molecule has 1 aliphatic rings. The highest BCUT2D eigenvalue weighted by atomic mass is 79.9. The zero-order valence-corrected chi connectivity index (χ0v) is 10.4. The summed E-state index contributed by atoms with van der Waals surface area (Å²) in [5, 5.41) is 17.7. The summed E-state index contributed by atoms with van der Waals surface area (Å²) in [6, 6.07) is 0. The highest BCUT2D eigenvalue weighted by molar-refractivity contribution is 9.10. The molecule has 1 aliphatic heterocycles. The van der Waals surface area contributed by atoms with Crippen molar-refractivity contribution >= 4 is 15.9 Å². The maximum Gasteiger partial charge on any atom is 0.0996 e. The van der Waals surface area contributed by atoms with E-state index in [1.54, 1.807) is 10.9 Å². The molecule has 15 heavy (non-hydrogen) atoms. The van der Waals surface area contributed by atoms with Gasteiger partial charge in [-0.25, -0.2) is 0 Å². The molecule has 2 rings (SSSR count). The Kier molecular flexibility index (Phi) is 3.43. The van der Waals surface area contributed by atoms with Crippen LogP contribution in [0.5, 0.6) is 0 Å². The molecule has 4 nitrogen and oxygen atoms in total. The lowest BCUT2D eigenvalue weighted by Gasteiger charge is -2.27. The zero-order chi connectivity index (χ0) is 10.8. The molecule has 1 aromatic heterocycles. The number of hydrogen-bond acceptors (Lipinski definition) is 3. The maximum atomic E-state index is 10.3. The van der Waals surface area contributed by atoms with Gasteiger partial charge in [0, 0.05) is 7.05 Å². The number of aliphatic hydroxyl groups is 1. The first-order valence-corrected chi connectivity index (χ1v) is 6.05. The summed E-state index contributed by atoms with van der Waals surface area (Å²) < 4.78 is 2.65. The minimum absolute atomic E-state index is 0.345. The van der Waals surface area contributed by atoms with Crippen LogP contribution in [0.1, 0.15) is 24.6 Å². The van der Waals surface area contributed by atoms with Crippen LogP contribution >= 0.6 is 15.9 Å². The lowest BCUT2D eigenvalue weighted by Crippen LogP contribution is -2.31. The maximum absolute atomic E-state index is 10.3. The summed E-state index contributed by atoms with van der Waals surface area (Å²) in [6.07, 6.45) is 3.38. The van der Waals surface area contributed by atoms with E-state index in [2.05, 4.69) is 26.3 Å². The fourth-order valence-electron chi connectivity index (χ4n) is 2.14. The average molecular weight is 274 g/mol. The van der Waals surface area contributed by atoms with E-state index in [9.17, 15) is 5.11 Å². The molecule has 84 valence electrons. The van der Waals surface area contributed by atoms with E-state index in [4.69, 9.17) is 0 Å². The first-order valence-electron chi connectivity index (χ1n) is 5.26. The van der Waals surface area contributed by atoms with Crippen molar-refractivity contribution in [2.24, 2.45) is 13.0 Å². The molecule has 0 aromatic carbocycles. The van der Waals surface area contributed by atoms with E-state index in [1.807, 2.05) is 7.05 Å². The van der Waals surface area contributed by atoms with Crippen LogP contribution in [0.2, 0.25) is 0 Å². The molecule has 0 amide bonds. The van der Waals surface area contributed by atoms with Crippen LogP contribution in [-0.4, -0.2) is 28.0 Å². The molecule has 5 heteroatoms. The van der Waals surface area contributed by atoms with E-state index in [-0.39, 0.29) is 0 Å². The minimum atomic E-state index is -0.408. The van der Waals surface area contributed by atoms with Crippen molar-refractivity contribution in [2.75, 3.05) is 13.1 Å². The lowest BCUT2D eigenvalue weighted by atomic mass is 9.90. The standard InChI is InChI=1S/C10H16BrN3O/c1-14-9(8(11)6-13-14)10(15)7-2-4-12-5-3-7/h6-7,10,12,15H,2-5H2,1H3. The third-order valence-corrected chi connectivity index (χ3v) is 3.66. The second-order valence-electron chi connectivity index (χ2n) is 4.03. The predicted molar refractivity (Wildman–Crippen MR) is 61.5 cm³/mol. The van der Waals surface area contributed by atoms with Gasteiger partial charge >= 0.3 is 0 Å². The molecule has 1 fully saturated rings. The largest absolute Gasteiger partial charge is 0.386 e. The molecule has 1 saturated heterocycles. The number of piperidine rings is 1. The van der Waals surface area contributed by atoms with E-state index >= 15 is 0 Å². The molecular weight excluding hydrogens is 258 g/mol. The van der Waals surface area contributed by atoms with Gasteiger partial charge in [-0.1, -0.05) is 0 Å². The monoisotopic (exact) mass is 273 g/mol. The third kappa shape index (κ3) is 2.24. The van der Waals surface area contributed by atoms with Crippen LogP contribution in [0.3, 0.4) is 0 Å². The van der Waals surface area contributed by atoms with Crippen molar-refractivity contribution in [1.29, 1.82) is 0 Å². The Labute approximate surface area is 97.8 Å². The molecule has 0 aliphatic carbocycles. The molecule has 1 unspecified atom stereocenters. The van der Waals surface area contributed by atoms with Crippen molar-refractivity contribution in [2.45, 2.75) is 18.9 Å². The number of halogens is 1. The van der Waals surface area contributed by atoms with E-state index < -0.39 is 6.10 Å². The van der Waals surface area contributed by atoms with Gasteiger partial charge in [0.05, 0.1) is 22.5 Å². The van der Waals surface area contributed by atoms with Crippen LogP contribution in [0, 0.1) is 5.92 Å². The number of hydrogen-bond donors (Lipinski definition) is 2. The molecule has 0 bridgehead atoms. The Bertz CT molecular complexity index is 314. The molecule has 0 spiro atoms. The van der Waals surface area contributed by atoms with Crippen molar-refractivity contribution in [1.82, 2.24) is 15.1 Å². The van der Waals surface area contributed by atoms with Gasteiger partial charge in [-0.2, -0.15) is 5.10 Å². The molecule has 0 radical (unpaired) electrons. The fraction of sp³-hybridized carbons (Fsp3) is 0.700.